The van der Waals surface area contributed by atoms with E-state index < -0.39 is 18.1 Å². The second-order valence-electron chi connectivity index (χ2n) is 8.06. The Hall–Kier alpha value is -3.94. The van der Waals surface area contributed by atoms with E-state index in [2.05, 4.69) is 10.3 Å². The molecule has 1 fully saturated rings. The number of nitrogens with two attached hydrogens (primary N) is 1. The Kier molecular flexibility index (Phi) is 6.53. The summed E-state index contributed by atoms with van der Waals surface area (Å²) in [6.45, 7) is 2.02. The lowest BCUT2D eigenvalue weighted by atomic mass is 10.1. The van der Waals surface area contributed by atoms with Gasteiger partial charge in [-0.15, -0.1) is 0 Å². The van der Waals surface area contributed by atoms with Crippen LogP contribution in [0.2, 0.25) is 0 Å². The first-order chi connectivity index (χ1) is 15.9. The summed E-state index contributed by atoms with van der Waals surface area (Å²) in [7, 11) is 0. The molecule has 1 aromatic heterocycles. The molecule has 2 heterocycles. The highest BCUT2D eigenvalue weighted by Gasteiger charge is 2.38. The Bertz CT molecular complexity index is 1180. The summed E-state index contributed by atoms with van der Waals surface area (Å²) in [6, 6.07) is 15.8. The van der Waals surface area contributed by atoms with Crippen LogP contribution < -0.4 is 11.1 Å². The summed E-state index contributed by atoms with van der Waals surface area (Å²) in [6.07, 6.45) is 1.83. The van der Waals surface area contributed by atoms with Crippen LogP contribution in [0.1, 0.15) is 37.0 Å². The van der Waals surface area contributed by atoms with Gasteiger partial charge in [0, 0.05) is 37.2 Å². The van der Waals surface area contributed by atoms with E-state index >= 15 is 0 Å². The van der Waals surface area contributed by atoms with E-state index in [0.29, 0.717) is 37.3 Å². The first-order valence-electron chi connectivity index (χ1n) is 10.9. The van der Waals surface area contributed by atoms with Crippen molar-refractivity contribution < 1.29 is 19.1 Å². The molecule has 0 bridgehead atoms. The predicted molar refractivity (Wildman–Crippen MR) is 124 cm³/mol. The minimum absolute atomic E-state index is 0.232. The Morgan fingerprint density at radius 2 is 1.97 bits per heavy atom. The molecular formula is C25H26N4O4. The van der Waals surface area contributed by atoms with Gasteiger partial charge in [0.2, 0.25) is 12.0 Å². The normalized spacial score (nSPS) is 16.4. The standard InChI is InChI=1S/C25H26N4O4/c1-16(30)33-22(18-6-3-2-4-7-18)25(32)29-13-5-8-21(29)24(31)28-15-17-9-10-20-19(14-17)11-12-27-23(20)26/h2-4,6-7,9-12,14,21-22H,5,8,13,15H2,1H3,(H2,26,27)(H,28,31). The number of benzene rings is 2. The van der Waals surface area contributed by atoms with Crippen molar-refractivity contribution in [3.05, 3.63) is 71.9 Å². The van der Waals surface area contributed by atoms with Crippen molar-refractivity contribution in [3.63, 3.8) is 0 Å². The van der Waals surface area contributed by atoms with Crippen molar-refractivity contribution in [1.82, 2.24) is 15.2 Å². The van der Waals surface area contributed by atoms with Gasteiger partial charge in [-0.05, 0) is 35.9 Å². The fraction of sp³-hybridized carbons (Fsp3) is 0.280. The van der Waals surface area contributed by atoms with Gasteiger partial charge in [0.15, 0.2) is 0 Å². The molecule has 2 unspecified atom stereocenters. The Morgan fingerprint density at radius 3 is 2.73 bits per heavy atom. The molecule has 3 N–H and O–H groups in total. The summed E-state index contributed by atoms with van der Waals surface area (Å²) in [4.78, 5) is 43.5. The van der Waals surface area contributed by atoms with Crippen LogP contribution in [0.25, 0.3) is 10.8 Å². The van der Waals surface area contributed by atoms with E-state index in [4.69, 9.17) is 10.5 Å². The molecule has 0 aliphatic carbocycles. The number of nitrogen functional groups attached to an aromatic ring is 1. The smallest absolute Gasteiger partial charge is 0.303 e. The lowest BCUT2D eigenvalue weighted by molar-refractivity contribution is -0.160. The van der Waals surface area contributed by atoms with Gasteiger partial charge >= 0.3 is 5.97 Å². The third-order valence-electron chi connectivity index (χ3n) is 5.78. The second kappa shape index (κ2) is 9.68. The number of ether oxygens (including phenoxy) is 1. The Labute approximate surface area is 191 Å². The van der Waals surface area contributed by atoms with Gasteiger partial charge in [0.25, 0.3) is 5.91 Å². The summed E-state index contributed by atoms with van der Waals surface area (Å²) >= 11 is 0. The quantitative estimate of drug-likeness (QED) is 0.563. The fourth-order valence-electron chi connectivity index (χ4n) is 4.18. The average Bonchev–Trinajstić information content (AvgIpc) is 3.31. The van der Waals surface area contributed by atoms with Crippen LogP contribution in [0.4, 0.5) is 5.82 Å². The number of nitrogens with one attached hydrogen (secondary N) is 1. The summed E-state index contributed by atoms with van der Waals surface area (Å²) in [5, 5.41) is 4.74. The van der Waals surface area contributed by atoms with Crippen LogP contribution >= 0.6 is 0 Å². The van der Waals surface area contributed by atoms with Crippen LogP contribution in [0, 0.1) is 0 Å². The molecule has 4 rings (SSSR count). The number of rotatable bonds is 6. The zero-order valence-corrected chi connectivity index (χ0v) is 18.4. The summed E-state index contributed by atoms with van der Waals surface area (Å²) < 4.78 is 5.34. The minimum atomic E-state index is -1.07. The summed E-state index contributed by atoms with van der Waals surface area (Å²) in [5.41, 5.74) is 7.40. The molecular weight excluding hydrogens is 420 g/mol. The molecule has 1 aliphatic rings. The molecule has 2 aromatic carbocycles. The van der Waals surface area contributed by atoms with Gasteiger partial charge in [0.05, 0.1) is 0 Å². The van der Waals surface area contributed by atoms with Gasteiger partial charge < -0.3 is 20.7 Å². The second-order valence-corrected chi connectivity index (χ2v) is 8.06. The van der Waals surface area contributed by atoms with Crippen molar-refractivity contribution in [2.45, 2.75) is 38.5 Å². The first kappa shape index (κ1) is 22.3. The van der Waals surface area contributed by atoms with Gasteiger partial charge in [-0.3, -0.25) is 14.4 Å². The highest BCUT2D eigenvalue weighted by Crippen LogP contribution is 2.26. The molecule has 8 heteroatoms. The number of amides is 2. The maximum atomic E-state index is 13.3. The largest absolute Gasteiger partial charge is 0.447 e. The maximum Gasteiger partial charge on any atom is 0.303 e. The average molecular weight is 447 g/mol. The van der Waals surface area contributed by atoms with Crippen molar-refractivity contribution in [1.29, 1.82) is 0 Å². The number of aromatic nitrogens is 1. The number of carbonyl (C=O) groups is 3. The van der Waals surface area contributed by atoms with Gasteiger partial charge in [0.1, 0.15) is 11.9 Å². The number of hydrogen-bond donors (Lipinski definition) is 2. The Morgan fingerprint density at radius 1 is 1.18 bits per heavy atom. The molecule has 170 valence electrons. The lowest BCUT2D eigenvalue weighted by Crippen LogP contribution is -2.47. The van der Waals surface area contributed by atoms with E-state index in [-0.39, 0.29) is 11.8 Å². The van der Waals surface area contributed by atoms with Crippen molar-refractivity contribution in [2.24, 2.45) is 0 Å². The Balaban J connectivity index is 1.46. The number of esters is 1. The molecule has 1 saturated heterocycles. The molecule has 3 aromatic rings. The highest BCUT2D eigenvalue weighted by molar-refractivity contribution is 5.92. The van der Waals surface area contributed by atoms with Crippen molar-refractivity contribution in [2.75, 3.05) is 12.3 Å². The number of hydrogen-bond acceptors (Lipinski definition) is 6. The third-order valence-corrected chi connectivity index (χ3v) is 5.78. The van der Waals surface area contributed by atoms with Crippen LogP contribution in [0.3, 0.4) is 0 Å². The van der Waals surface area contributed by atoms with Crippen molar-refractivity contribution in [3.8, 4) is 0 Å². The van der Waals surface area contributed by atoms with Crippen LogP contribution in [-0.2, 0) is 25.7 Å². The third kappa shape index (κ3) is 4.95. The number of carbonyl (C=O) groups excluding carboxylic acids is 3. The fourth-order valence-corrected chi connectivity index (χ4v) is 4.18. The molecule has 2 amide bonds. The molecule has 1 aliphatic heterocycles. The number of pyridine rings is 1. The van der Waals surface area contributed by atoms with E-state index in [1.165, 1.54) is 11.8 Å². The topological polar surface area (TPSA) is 115 Å². The number of likely N-dealkylation sites (tertiary alicyclic amines) is 1. The predicted octanol–water partition coefficient (Wildman–Crippen LogP) is 2.73. The van der Waals surface area contributed by atoms with Crippen LogP contribution in [0.5, 0.6) is 0 Å². The van der Waals surface area contributed by atoms with E-state index in [1.54, 1.807) is 30.5 Å². The zero-order chi connectivity index (χ0) is 23.4. The summed E-state index contributed by atoms with van der Waals surface area (Å²) in [5.74, 6) is -0.707. The highest BCUT2D eigenvalue weighted by atomic mass is 16.5. The van der Waals surface area contributed by atoms with E-state index in [9.17, 15) is 14.4 Å². The molecule has 0 saturated carbocycles. The molecule has 33 heavy (non-hydrogen) atoms. The van der Waals surface area contributed by atoms with E-state index in [0.717, 1.165) is 16.3 Å². The maximum absolute atomic E-state index is 13.3. The van der Waals surface area contributed by atoms with Gasteiger partial charge in [-0.2, -0.15) is 0 Å². The van der Waals surface area contributed by atoms with Crippen LogP contribution in [0.15, 0.2) is 60.8 Å². The zero-order valence-electron chi connectivity index (χ0n) is 18.4. The molecule has 8 nitrogen and oxygen atoms in total. The molecule has 2 atom stereocenters. The van der Waals surface area contributed by atoms with Crippen molar-refractivity contribution >= 4 is 34.4 Å². The van der Waals surface area contributed by atoms with Crippen LogP contribution in [-0.4, -0.2) is 40.3 Å². The first-order valence-corrected chi connectivity index (χ1v) is 10.9. The van der Waals surface area contributed by atoms with Gasteiger partial charge in [-0.25, -0.2) is 4.98 Å². The molecule has 0 radical (unpaired) electrons. The minimum Gasteiger partial charge on any atom is -0.447 e. The van der Waals surface area contributed by atoms with E-state index in [1.807, 2.05) is 30.3 Å². The monoisotopic (exact) mass is 446 g/mol. The number of nitrogens with zero attached hydrogens (tertiary/aromatic N) is 2. The lowest BCUT2D eigenvalue weighted by Gasteiger charge is -2.28. The SMILES string of the molecule is CC(=O)OC(C(=O)N1CCCC1C(=O)NCc1ccc2c(N)nccc2c1)c1ccccc1. The van der Waals surface area contributed by atoms with Gasteiger partial charge in [-0.1, -0.05) is 42.5 Å². The number of fused-ring (bicyclic) bond motifs is 1. The molecule has 0 spiro atoms. The number of anilines is 1.